The quantitative estimate of drug-likeness (QED) is 0.665. The molecule has 1 amide bonds. The van der Waals surface area contributed by atoms with Crippen LogP contribution in [0.25, 0.3) is 0 Å². The van der Waals surface area contributed by atoms with E-state index >= 15 is 0 Å². The number of carbonyl (C=O) groups is 2. The fourth-order valence-corrected chi connectivity index (χ4v) is 1.59. The second kappa shape index (κ2) is 7.44. The summed E-state index contributed by atoms with van der Waals surface area (Å²) in [5.74, 6) is -1.06. The van der Waals surface area contributed by atoms with Crippen LogP contribution < -0.4 is 5.32 Å². The molecule has 118 valence electrons. The molecule has 0 aliphatic rings. The molecular weight excluding hydrogens is 290 g/mol. The van der Waals surface area contributed by atoms with Crippen molar-refractivity contribution in [3.05, 3.63) is 0 Å². The largest absolute Gasteiger partial charge is 0.481 e. The van der Waals surface area contributed by atoms with Gasteiger partial charge in [0.2, 0.25) is 0 Å². The Morgan fingerprint density at radius 3 is 2.25 bits per heavy atom. The first-order valence-electron chi connectivity index (χ1n) is 5.95. The third-order valence-electron chi connectivity index (χ3n) is 1.91. The first kappa shape index (κ1) is 18.7. The molecule has 0 fully saturated rings. The van der Waals surface area contributed by atoms with E-state index < -0.39 is 33.8 Å². The van der Waals surface area contributed by atoms with Gasteiger partial charge in [0, 0.05) is 6.42 Å². The Morgan fingerprint density at radius 2 is 1.85 bits per heavy atom. The van der Waals surface area contributed by atoms with Gasteiger partial charge >= 0.3 is 12.1 Å². The van der Waals surface area contributed by atoms with Gasteiger partial charge in [-0.3, -0.25) is 8.98 Å². The number of rotatable bonds is 7. The summed E-state index contributed by atoms with van der Waals surface area (Å²) in [5.41, 5.74) is -0.709. The number of carboxylic acid groups (broad SMARTS) is 1. The normalized spacial score (nSPS) is 13.6. The number of nitrogens with one attached hydrogen (secondary N) is 1. The van der Waals surface area contributed by atoms with Gasteiger partial charge in [-0.2, -0.15) is 8.42 Å². The average molecular weight is 311 g/mol. The highest BCUT2D eigenvalue weighted by molar-refractivity contribution is 7.85. The van der Waals surface area contributed by atoms with Crippen LogP contribution in [0.4, 0.5) is 4.79 Å². The predicted octanol–water partition coefficient (Wildman–Crippen LogP) is 0.721. The molecule has 1 atom stereocenters. The number of aliphatic carboxylic acids is 1. The summed E-state index contributed by atoms with van der Waals surface area (Å²) in [4.78, 5) is 22.1. The van der Waals surface area contributed by atoms with E-state index in [9.17, 15) is 18.0 Å². The van der Waals surface area contributed by atoms with Crippen molar-refractivity contribution in [2.45, 2.75) is 45.3 Å². The molecule has 0 spiro atoms. The topological polar surface area (TPSA) is 119 Å². The predicted molar refractivity (Wildman–Crippen MR) is 70.8 cm³/mol. The SMILES string of the molecule is CC(C)(C)OC(=O)N[C@H](CCC(=O)O)COS(C)(=O)=O. The zero-order valence-electron chi connectivity index (χ0n) is 12.0. The Bertz CT molecular complexity index is 438. The molecule has 8 nitrogen and oxygen atoms in total. The van der Waals surface area contributed by atoms with Crippen molar-refractivity contribution in [2.75, 3.05) is 12.9 Å². The lowest BCUT2D eigenvalue weighted by atomic mass is 10.1. The molecule has 9 heteroatoms. The molecule has 0 aromatic carbocycles. The molecule has 0 saturated carbocycles. The zero-order chi connectivity index (χ0) is 16.0. The Balaban J connectivity index is 4.51. The van der Waals surface area contributed by atoms with E-state index in [4.69, 9.17) is 9.84 Å². The van der Waals surface area contributed by atoms with Crippen LogP contribution in [0.1, 0.15) is 33.6 Å². The minimum Gasteiger partial charge on any atom is -0.481 e. The fraction of sp³-hybridized carbons (Fsp3) is 0.818. The number of carboxylic acids is 1. The second-order valence-corrected chi connectivity index (χ2v) is 6.91. The number of hydrogen-bond donors (Lipinski definition) is 2. The third-order valence-corrected chi connectivity index (χ3v) is 2.48. The number of carbonyl (C=O) groups excluding carboxylic acids is 1. The molecule has 0 aliphatic heterocycles. The van der Waals surface area contributed by atoms with E-state index in [1.54, 1.807) is 20.8 Å². The van der Waals surface area contributed by atoms with Crippen molar-refractivity contribution >= 4 is 22.2 Å². The molecule has 0 unspecified atom stereocenters. The summed E-state index contributed by atoms with van der Waals surface area (Å²) < 4.78 is 31.4. The number of hydrogen-bond acceptors (Lipinski definition) is 6. The highest BCUT2D eigenvalue weighted by Crippen LogP contribution is 2.08. The van der Waals surface area contributed by atoms with Crippen molar-refractivity contribution in [3.8, 4) is 0 Å². The fourth-order valence-electron chi connectivity index (χ4n) is 1.17. The average Bonchev–Trinajstić information content (AvgIpc) is 2.17. The van der Waals surface area contributed by atoms with Gasteiger partial charge in [0.25, 0.3) is 10.1 Å². The Morgan fingerprint density at radius 1 is 1.30 bits per heavy atom. The van der Waals surface area contributed by atoms with Crippen molar-refractivity contribution in [1.82, 2.24) is 5.32 Å². The van der Waals surface area contributed by atoms with Crippen molar-refractivity contribution in [2.24, 2.45) is 0 Å². The van der Waals surface area contributed by atoms with Crippen LogP contribution in [0, 0.1) is 0 Å². The maximum absolute atomic E-state index is 11.6. The van der Waals surface area contributed by atoms with Crippen molar-refractivity contribution in [1.29, 1.82) is 0 Å². The lowest BCUT2D eigenvalue weighted by Crippen LogP contribution is -2.42. The highest BCUT2D eigenvalue weighted by Gasteiger charge is 2.21. The van der Waals surface area contributed by atoms with Gasteiger partial charge in [-0.25, -0.2) is 4.79 Å². The van der Waals surface area contributed by atoms with Crippen LogP contribution in [0.5, 0.6) is 0 Å². The van der Waals surface area contributed by atoms with Crippen LogP contribution in [-0.2, 0) is 23.8 Å². The Kier molecular flexibility index (Phi) is 6.94. The summed E-state index contributed by atoms with van der Waals surface area (Å²) >= 11 is 0. The minimum atomic E-state index is -3.67. The number of ether oxygens (including phenoxy) is 1. The first-order chi connectivity index (χ1) is 8.89. The van der Waals surface area contributed by atoms with E-state index in [0.717, 1.165) is 6.26 Å². The molecule has 0 radical (unpaired) electrons. The number of alkyl carbamates (subject to hydrolysis) is 1. The Hall–Kier alpha value is -1.35. The van der Waals surface area contributed by atoms with Gasteiger partial charge in [-0.1, -0.05) is 0 Å². The summed E-state index contributed by atoms with van der Waals surface area (Å²) in [6, 6.07) is -0.768. The Labute approximate surface area is 118 Å². The highest BCUT2D eigenvalue weighted by atomic mass is 32.2. The molecule has 0 saturated heterocycles. The van der Waals surface area contributed by atoms with E-state index in [1.807, 2.05) is 0 Å². The molecule has 0 aromatic rings. The maximum atomic E-state index is 11.6. The lowest BCUT2D eigenvalue weighted by molar-refractivity contribution is -0.137. The molecule has 0 heterocycles. The van der Waals surface area contributed by atoms with E-state index in [-0.39, 0.29) is 19.4 Å². The van der Waals surface area contributed by atoms with Gasteiger partial charge in [0.05, 0.1) is 18.9 Å². The standard InChI is InChI=1S/C11H21NO7S/c1-11(2,3)19-10(15)12-8(5-6-9(13)14)7-18-20(4,16)17/h8H,5-7H2,1-4H3,(H,12,15)(H,13,14)/t8-/m1/s1. The second-order valence-electron chi connectivity index (χ2n) is 5.26. The summed E-state index contributed by atoms with van der Waals surface area (Å²) in [6.45, 7) is 4.68. The van der Waals surface area contributed by atoms with Crippen LogP contribution in [0.3, 0.4) is 0 Å². The van der Waals surface area contributed by atoms with E-state index in [1.165, 1.54) is 0 Å². The maximum Gasteiger partial charge on any atom is 0.407 e. The van der Waals surface area contributed by atoms with Crippen molar-refractivity contribution < 1.29 is 32.0 Å². The van der Waals surface area contributed by atoms with E-state index in [0.29, 0.717) is 0 Å². The zero-order valence-corrected chi connectivity index (χ0v) is 12.8. The van der Waals surface area contributed by atoms with Gasteiger partial charge in [0.15, 0.2) is 0 Å². The van der Waals surface area contributed by atoms with Crippen LogP contribution in [0.15, 0.2) is 0 Å². The van der Waals surface area contributed by atoms with Gasteiger partial charge in [-0.15, -0.1) is 0 Å². The van der Waals surface area contributed by atoms with Crippen molar-refractivity contribution in [3.63, 3.8) is 0 Å². The third kappa shape index (κ3) is 11.7. The molecule has 0 aromatic heterocycles. The van der Waals surface area contributed by atoms with Gasteiger partial charge < -0.3 is 15.2 Å². The summed E-state index contributed by atoms with van der Waals surface area (Å²) in [5, 5.41) is 11.0. The molecule has 0 rings (SSSR count). The lowest BCUT2D eigenvalue weighted by Gasteiger charge is -2.23. The molecule has 20 heavy (non-hydrogen) atoms. The summed E-state index contributed by atoms with van der Waals surface area (Å²) in [6.07, 6.45) is -0.0862. The first-order valence-corrected chi connectivity index (χ1v) is 7.76. The molecule has 0 bridgehead atoms. The molecular formula is C11H21NO7S. The van der Waals surface area contributed by atoms with Crippen LogP contribution in [0.2, 0.25) is 0 Å². The molecule has 2 N–H and O–H groups in total. The molecule has 0 aliphatic carbocycles. The number of amides is 1. The summed E-state index contributed by atoms with van der Waals surface area (Å²) in [7, 11) is -3.67. The van der Waals surface area contributed by atoms with Crippen LogP contribution >= 0.6 is 0 Å². The minimum absolute atomic E-state index is 0.0318. The van der Waals surface area contributed by atoms with Gasteiger partial charge in [-0.05, 0) is 27.2 Å². The van der Waals surface area contributed by atoms with Crippen LogP contribution in [-0.4, -0.2) is 50.1 Å². The van der Waals surface area contributed by atoms with Gasteiger partial charge in [0.1, 0.15) is 5.60 Å². The van der Waals surface area contributed by atoms with E-state index in [2.05, 4.69) is 9.50 Å². The monoisotopic (exact) mass is 311 g/mol. The smallest absolute Gasteiger partial charge is 0.407 e.